The number of pyridine rings is 1. The summed E-state index contributed by atoms with van der Waals surface area (Å²) in [6.45, 7) is 7.14. The van der Waals surface area contributed by atoms with Crippen LogP contribution in [0.3, 0.4) is 0 Å². The Balaban J connectivity index is 1.31. The monoisotopic (exact) mass is 392 g/mol. The Morgan fingerprint density at radius 1 is 1.14 bits per heavy atom. The number of nitrogens with zero attached hydrogens (tertiary/aromatic N) is 2. The molecule has 5 nitrogen and oxygen atoms in total. The van der Waals surface area contributed by atoms with Crippen molar-refractivity contribution in [3.05, 3.63) is 54.2 Å². The van der Waals surface area contributed by atoms with E-state index in [2.05, 4.69) is 30.9 Å². The van der Waals surface area contributed by atoms with Crippen LogP contribution >= 0.6 is 0 Å². The standard InChI is InChI=1S/C24H28N2O3/c1-23(2)19(14-25-29-16-24(3)12-13-24)21(23)22(27)28-15-18-10-7-11-20(26-18)17-8-5-4-6-9-17/h4-11,14,19,21H,12-13,15-16H2,1-3H3/b25-14+. The fourth-order valence-corrected chi connectivity index (χ4v) is 3.63. The van der Waals surface area contributed by atoms with Crippen molar-refractivity contribution in [3.63, 3.8) is 0 Å². The molecule has 2 fully saturated rings. The molecule has 0 N–H and O–H groups in total. The number of oxime groups is 1. The first-order valence-corrected chi connectivity index (χ1v) is 10.2. The molecule has 1 aromatic carbocycles. The van der Waals surface area contributed by atoms with E-state index in [1.54, 1.807) is 6.21 Å². The molecule has 1 aromatic heterocycles. The number of benzene rings is 1. The van der Waals surface area contributed by atoms with Crippen LogP contribution in [-0.2, 0) is 21.0 Å². The number of esters is 1. The molecule has 0 saturated heterocycles. The number of ether oxygens (including phenoxy) is 1. The van der Waals surface area contributed by atoms with E-state index in [4.69, 9.17) is 9.57 Å². The van der Waals surface area contributed by atoms with E-state index in [1.165, 1.54) is 12.8 Å². The summed E-state index contributed by atoms with van der Waals surface area (Å²) in [4.78, 5) is 22.6. The second kappa shape index (κ2) is 7.62. The number of carbonyl (C=O) groups is 1. The maximum Gasteiger partial charge on any atom is 0.310 e. The lowest BCUT2D eigenvalue weighted by Gasteiger charge is -2.07. The van der Waals surface area contributed by atoms with Gasteiger partial charge >= 0.3 is 5.97 Å². The van der Waals surface area contributed by atoms with Gasteiger partial charge in [0.05, 0.1) is 17.3 Å². The van der Waals surface area contributed by atoms with Crippen molar-refractivity contribution in [2.45, 2.75) is 40.2 Å². The van der Waals surface area contributed by atoms with Gasteiger partial charge in [-0.15, -0.1) is 0 Å². The van der Waals surface area contributed by atoms with Gasteiger partial charge in [0.2, 0.25) is 0 Å². The van der Waals surface area contributed by atoms with Crippen molar-refractivity contribution in [2.24, 2.45) is 27.8 Å². The third-order valence-corrected chi connectivity index (χ3v) is 6.22. The topological polar surface area (TPSA) is 60.8 Å². The van der Waals surface area contributed by atoms with Crippen LogP contribution in [0.5, 0.6) is 0 Å². The lowest BCUT2D eigenvalue weighted by Crippen LogP contribution is -2.11. The van der Waals surface area contributed by atoms with Crippen LogP contribution in [0, 0.1) is 22.7 Å². The van der Waals surface area contributed by atoms with E-state index in [1.807, 2.05) is 48.5 Å². The fraction of sp³-hybridized carbons (Fsp3) is 0.458. The molecule has 0 aliphatic heterocycles. The molecule has 2 atom stereocenters. The average Bonchev–Trinajstić information content (AvgIpc) is 3.59. The lowest BCUT2D eigenvalue weighted by atomic mass is 10.1. The zero-order valence-corrected chi connectivity index (χ0v) is 17.3. The van der Waals surface area contributed by atoms with Gasteiger partial charge in [0, 0.05) is 23.1 Å². The summed E-state index contributed by atoms with van der Waals surface area (Å²) in [5.41, 5.74) is 2.80. The number of rotatable bonds is 8. The number of hydrogen-bond acceptors (Lipinski definition) is 5. The lowest BCUT2D eigenvalue weighted by molar-refractivity contribution is -0.147. The molecule has 5 heteroatoms. The van der Waals surface area contributed by atoms with Crippen LogP contribution < -0.4 is 0 Å². The van der Waals surface area contributed by atoms with Crippen LogP contribution in [0.15, 0.2) is 53.7 Å². The molecule has 2 aliphatic carbocycles. The molecule has 2 aromatic rings. The Kier molecular flexibility index (Phi) is 5.15. The van der Waals surface area contributed by atoms with E-state index in [-0.39, 0.29) is 29.8 Å². The largest absolute Gasteiger partial charge is 0.459 e. The minimum absolute atomic E-state index is 0.0469. The third kappa shape index (κ3) is 4.50. The summed E-state index contributed by atoms with van der Waals surface area (Å²) in [7, 11) is 0. The minimum Gasteiger partial charge on any atom is -0.459 e. The molecule has 2 aliphatic rings. The van der Waals surface area contributed by atoms with Gasteiger partial charge in [0.15, 0.2) is 0 Å². The molecule has 152 valence electrons. The highest BCUT2D eigenvalue weighted by atomic mass is 16.6. The number of carbonyl (C=O) groups excluding carboxylic acids is 1. The predicted octanol–water partition coefficient (Wildman–Crippen LogP) is 4.87. The zero-order chi connectivity index (χ0) is 20.5. The van der Waals surface area contributed by atoms with E-state index in [0.717, 1.165) is 17.0 Å². The van der Waals surface area contributed by atoms with Crippen molar-refractivity contribution in [3.8, 4) is 11.3 Å². The van der Waals surface area contributed by atoms with Crippen molar-refractivity contribution >= 4 is 12.2 Å². The van der Waals surface area contributed by atoms with Crippen molar-refractivity contribution in [2.75, 3.05) is 6.61 Å². The fourth-order valence-electron chi connectivity index (χ4n) is 3.63. The van der Waals surface area contributed by atoms with Gasteiger partial charge in [0.25, 0.3) is 0 Å². The van der Waals surface area contributed by atoms with Crippen LogP contribution in [0.1, 0.15) is 39.3 Å². The smallest absolute Gasteiger partial charge is 0.310 e. The first-order valence-electron chi connectivity index (χ1n) is 10.2. The molecule has 4 rings (SSSR count). The van der Waals surface area contributed by atoms with E-state index < -0.39 is 0 Å². The van der Waals surface area contributed by atoms with Gasteiger partial charge in [-0.1, -0.05) is 62.3 Å². The number of hydrogen-bond donors (Lipinski definition) is 0. The van der Waals surface area contributed by atoms with Crippen LogP contribution in [-0.4, -0.2) is 23.8 Å². The van der Waals surface area contributed by atoms with E-state index in [0.29, 0.717) is 12.0 Å². The van der Waals surface area contributed by atoms with Gasteiger partial charge in [0.1, 0.15) is 13.2 Å². The Morgan fingerprint density at radius 3 is 2.62 bits per heavy atom. The summed E-state index contributed by atoms with van der Waals surface area (Å²) >= 11 is 0. The van der Waals surface area contributed by atoms with Crippen molar-refractivity contribution in [1.82, 2.24) is 4.98 Å². The van der Waals surface area contributed by atoms with Crippen molar-refractivity contribution < 1.29 is 14.4 Å². The van der Waals surface area contributed by atoms with Gasteiger partial charge in [-0.25, -0.2) is 4.98 Å². The van der Waals surface area contributed by atoms with Crippen LogP contribution in [0.4, 0.5) is 0 Å². The molecule has 0 amide bonds. The van der Waals surface area contributed by atoms with Crippen molar-refractivity contribution in [1.29, 1.82) is 0 Å². The summed E-state index contributed by atoms with van der Waals surface area (Å²) in [5.74, 6) is -0.346. The Labute approximate surface area is 172 Å². The molecular weight excluding hydrogens is 364 g/mol. The maximum absolute atomic E-state index is 12.6. The van der Waals surface area contributed by atoms with Crippen LogP contribution in [0.2, 0.25) is 0 Å². The molecular formula is C24H28N2O3. The highest BCUT2D eigenvalue weighted by Crippen LogP contribution is 2.57. The maximum atomic E-state index is 12.6. The third-order valence-electron chi connectivity index (χ3n) is 6.22. The Bertz CT molecular complexity index is 903. The summed E-state index contributed by atoms with van der Waals surface area (Å²) in [6.07, 6.45) is 4.17. The predicted molar refractivity (Wildman–Crippen MR) is 112 cm³/mol. The van der Waals surface area contributed by atoms with Crippen LogP contribution in [0.25, 0.3) is 11.3 Å². The first kappa shape index (κ1) is 19.6. The molecule has 0 bridgehead atoms. The molecule has 2 saturated carbocycles. The highest BCUT2D eigenvalue weighted by molar-refractivity contribution is 5.85. The van der Waals surface area contributed by atoms with Gasteiger partial charge in [-0.05, 0) is 30.4 Å². The molecule has 1 heterocycles. The molecule has 0 spiro atoms. The second-order valence-electron chi connectivity index (χ2n) is 9.15. The molecule has 29 heavy (non-hydrogen) atoms. The summed E-state index contributed by atoms with van der Waals surface area (Å²) in [5, 5.41) is 4.11. The Hall–Kier alpha value is -2.69. The van der Waals surface area contributed by atoms with E-state index in [9.17, 15) is 4.79 Å². The van der Waals surface area contributed by atoms with Gasteiger partial charge in [-0.3, -0.25) is 4.79 Å². The molecule has 2 unspecified atom stereocenters. The normalized spacial score (nSPS) is 23.6. The van der Waals surface area contributed by atoms with E-state index >= 15 is 0 Å². The van der Waals surface area contributed by atoms with Gasteiger partial charge < -0.3 is 9.57 Å². The quantitative estimate of drug-likeness (QED) is 0.365. The summed E-state index contributed by atoms with van der Waals surface area (Å²) in [6, 6.07) is 15.7. The zero-order valence-electron chi connectivity index (χ0n) is 17.3. The highest BCUT2D eigenvalue weighted by Gasteiger charge is 2.62. The average molecular weight is 392 g/mol. The second-order valence-corrected chi connectivity index (χ2v) is 9.15. The minimum atomic E-state index is -0.201. The molecule has 0 radical (unpaired) electrons. The number of aromatic nitrogens is 1. The van der Waals surface area contributed by atoms with Gasteiger partial charge in [-0.2, -0.15) is 0 Å². The summed E-state index contributed by atoms with van der Waals surface area (Å²) < 4.78 is 5.58. The Morgan fingerprint density at radius 2 is 1.90 bits per heavy atom. The SMILES string of the molecule is CC1(CO/N=C/C2C(C(=O)OCc3cccc(-c4ccccc4)n3)C2(C)C)CC1. The first-order chi connectivity index (χ1) is 13.9.